The highest BCUT2D eigenvalue weighted by atomic mass is 19.1. The van der Waals surface area contributed by atoms with Crippen LogP contribution in [0.5, 0.6) is 0 Å². The highest BCUT2D eigenvalue weighted by Crippen LogP contribution is 2.11. The van der Waals surface area contributed by atoms with Gasteiger partial charge in [0.1, 0.15) is 11.9 Å². The molecule has 0 aliphatic carbocycles. The first-order valence-electron chi connectivity index (χ1n) is 6.81. The summed E-state index contributed by atoms with van der Waals surface area (Å²) in [6, 6.07) is 11.7. The second-order valence-electron chi connectivity index (χ2n) is 4.97. The van der Waals surface area contributed by atoms with Gasteiger partial charge in [0.05, 0.1) is 5.56 Å². The van der Waals surface area contributed by atoms with Crippen molar-refractivity contribution in [3.05, 3.63) is 71.0 Å². The quantitative estimate of drug-likeness (QED) is 0.892. The number of hydrogen-bond donors (Lipinski definition) is 2. The van der Waals surface area contributed by atoms with E-state index in [4.69, 9.17) is 0 Å². The van der Waals surface area contributed by atoms with Crippen LogP contribution >= 0.6 is 0 Å². The van der Waals surface area contributed by atoms with Gasteiger partial charge in [-0.2, -0.15) is 0 Å². The number of carboxylic acid groups (broad SMARTS) is 1. The number of nitrogens with one attached hydrogen (secondary N) is 1. The average molecular weight is 301 g/mol. The molecule has 4 nitrogen and oxygen atoms in total. The summed E-state index contributed by atoms with van der Waals surface area (Å²) in [5.74, 6) is -2.58. The molecule has 1 amide bonds. The molecule has 0 aliphatic heterocycles. The van der Waals surface area contributed by atoms with E-state index in [-0.39, 0.29) is 12.0 Å². The summed E-state index contributed by atoms with van der Waals surface area (Å²) in [5, 5.41) is 11.7. The average Bonchev–Trinajstić information content (AvgIpc) is 2.49. The Labute approximate surface area is 127 Å². The van der Waals surface area contributed by atoms with Crippen molar-refractivity contribution in [1.29, 1.82) is 0 Å². The zero-order valence-corrected chi connectivity index (χ0v) is 12.0. The molecule has 0 saturated heterocycles. The fraction of sp³-hybridized carbons (Fsp3) is 0.176. The van der Waals surface area contributed by atoms with Gasteiger partial charge in [0.2, 0.25) is 0 Å². The van der Waals surface area contributed by atoms with Crippen LogP contribution in [0.15, 0.2) is 48.5 Å². The van der Waals surface area contributed by atoms with Crippen molar-refractivity contribution in [2.75, 3.05) is 0 Å². The lowest BCUT2D eigenvalue weighted by Crippen LogP contribution is -2.42. The van der Waals surface area contributed by atoms with Crippen molar-refractivity contribution in [2.45, 2.75) is 19.4 Å². The van der Waals surface area contributed by atoms with E-state index < -0.39 is 23.7 Å². The van der Waals surface area contributed by atoms with Crippen LogP contribution in [0.1, 0.15) is 21.5 Å². The number of aryl methyl sites for hydroxylation is 1. The molecule has 0 fully saturated rings. The van der Waals surface area contributed by atoms with Crippen LogP contribution in [0.25, 0.3) is 0 Å². The van der Waals surface area contributed by atoms with Gasteiger partial charge in [-0.1, -0.05) is 36.4 Å². The van der Waals surface area contributed by atoms with Crippen molar-refractivity contribution in [3.63, 3.8) is 0 Å². The van der Waals surface area contributed by atoms with Gasteiger partial charge in [-0.15, -0.1) is 0 Å². The second-order valence-corrected chi connectivity index (χ2v) is 4.97. The highest BCUT2D eigenvalue weighted by Gasteiger charge is 2.22. The second kappa shape index (κ2) is 6.85. The summed E-state index contributed by atoms with van der Waals surface area (Å²) in [6.07, 6.45) is 0.141. The molecule has 22 heavy (non-hydrogen) atoms. The van der Waals surface area contributed by atoms with Gasteiger partial charge in [-0.3, -0.25) is 4.79 Å². The molecule has 0 spiro atoms. The van der Waals surface area contributed by atoms with E-state index in [2.05, 4.69) is 5.32 Å². The van der Waals surface area contributed by atoms with E-state index in [9.17, 15) is 19.1 Å². The molecular formula is C17H16FNO3. The summed E-state index contributed by atoms with van der Waals surface area (Å²) in [7, 11) is 0. The van der Waals surface area contributed by atoms with Gasteiger partial charge in [-0.25, -0.2) is 9.18 Å². The smallest absolute Gasteiger partial charge is 0.326 e. The summed E-state index contributed by atoms with van der Waals surface area (Å²) in [4.78, 5) is 23.4. The lowest BCUT2D eigenvalue weighted by molar-refractivity contribution is -0.139. The molecule has 0 bridgehead atoms. The molecule has 0 saturated carbocycles. The molecule has 114 valence electrons. The standard InChI is InChI=1S/C17H16FNO3/c1-11-6-2-3-7-12(11)10-15(17(21)22)19-16(20)13-8-4-5-9-14(13)18/h2-9,15H,10H2,1H3,(H,19,20)(H,21,22)/t15-/m0/s1. The van der Waals surface area contributed by atoms with Gasteiger partial charge in [-0.05, 0) is 30.2 Å². The Morgan fingerprint density at radius 2 is 1.77 bits per heavy atom. The van der Waals surface area contributed by atoms with Crippen LogP contribution in [0.2, 0.25) is 0 Å². The maximum Gasteiger partial charge on any atom is 0.326 e. The number of carbonyl (C=O) groups is 2. The van der Waals surface area contributed by atoms with Crippen LogP contribution < -0.4 is 5.32 Å². The Kier molecular flexibility index (Phi) is 4.88. The lowest BCUT2D eigenvalue weighted by Gasteiger charge is -2.16. The third-order valence-corrected chi connectivity index (χ3v) is 3.41. The summed E-state index contributed by atoms with van der Waals surface area (Å²) in [5.41, 5.74) is 1.59. The molecule has 1 atom stereocenters. The summed E-state index contributed by atoms with van der Waals surface area (Å²) in [6.45, 7) is 1.87. The molecule has 2 aromatic carbocycles. The molecule has 0 radical (unpaired) electrons. The SMILES string of the molecule is Cc1ccccc1C[C@H](NC(=O)c1ccccc1F)C(=O)O. The molecule has 2 N–H and O–H groups in total. The number of rotatable bonds is 5. The number of amides is 1. The van der Waals surface area contributed by atoms with Gasteiger partial charge < -0.3 is 10.4 Å². The minimum absolute atomic E-state index is 0.141. The van der Waals surface area contributed by atoms with Crippen molar-refractivity contribution >= 4 is 11.9 Å². The first kappa shape index (κ1) is 15.7. The number of hydrogen-bond acceptors (Lipinski definition) is 2. The fourth-order valence-electron chi connectivity index (χ4n) is 2.14. The van der Waals surface area contributed by atoms with Crippen molar-refractivity contribution < 1.29 is 19.1 Å². The Bertz CT molecular complexity index is 700. The number of benzene rings is 2. The number of aliphatic carboxylic acids is 1. The molecule has 0 aromatic heterocycles. The molecule has 0 heterocycles. The van der Waals surface area contributed by atoms with E-state index in [0.29, 0.717) is 0 Å². The van der Waals surface area contributed by atoms with E-state index >= 15 is 0 Å². The molecule has 0 unspecified atom stereocenters. The van der Waals surface area contributed by atoms with Crippen molar-refractivity contribution in [3.8, 4) is 0 Å². The third-order valence-electron chi connectivity index (χ3n) is 3.41. The molecule has 5 heteroatoms. The minimum Gasteiger partial charge on any atom is -0.480 e. The van der Waals surface area contributed by atoms with Gasteiger partial charge in [0.15, 0.2) is 0 Å². The zero-order chi connectivity index (χ0) is 16.1. The number of carbonyl (C=O) groups excluding carboxylic acids is 1. The van der Waals surface area contributed by atoms with Crippen molar-refractivity contribution in [2.24, 2.45) is 0 Å². The minimum atomic E-state index is -1.16. The van der Waals surface area contributed by atoms with Crippen LogP contribution in [-0.4, -0.2) is 23.0 Å². The van der Waals surface area contributed by atoms with Crippen LogP contribution in [0.3, 0.4) is 0 Å². The van der Waals surface area contributed by atoms with Gasteiger partial charge in [0.25, 0.3) is 5.91 Å². The normalized spacial score (nSPS) is 11.7. The van der Waals surface area contributed by atoms with Gasteiger partial charge in [0, 0.05) is 6.42 Å². The Morgan fingerprint density at radius 1 is 1.14 bits per heavy atom. The predicted octanol–water partition coefficient (Wildman–Crippen LogP) is 2.56. The Morgan fingerprint density at radius 3 is 2.41 bits per heavy atom. The van der Waals surface area contributed by atoms with E-state index in [1.165, 1.54) is 18.2 Å². The molecule has 2 aromatic rings. The Hall–Kier alpha value is -2.69. The van der Waals surface area contributed by atoms with E-state index in [0.717, 1.165) is 17.2 Å². The molecule has 0 aliphatic rings. The summed E-state index contributed by atoms with van der Waals surface area (Å²) < 4.78 is 13.6. The fourth-order valence-corrected chi connectivity index (χ4v) is 2.14. The Balaban J connectivity index is 2.16. The van der Waals surface area contributed by atoms with Crippen LogP contribution in [-0.2, 0) is 11.2 Å². The third kappa shape index (κ3) is 3.69. The van der Waals surface area contributed by atoms with E-state index in [1.807, 2.05) is 19.1 Å². The van der Waals surface area contributed by atoms with Crippen molar-refractivity contribution in [1.82, 2.24) is 5.32 Å². The molecular weight excluding hydrogens is 285 g/mol. The maximum atomic E-state index is 13.6. The molecule has 2 rings (SSSR count). The largest absolute Gasteiger partial charge is 0.480 e. The van der Waals surface area contributed by atoms with Crippen LogP contribution in [0, 0.1) is 12.7 Å². The first-order chi connectivity index (χ1) is 10.5. The number of carboxylic acids is 1. The van der Waals surface area contributed by atoms with Crippen LogP contribution in [0.4, 0.5) is 4.39 Å². The lowest BCUT2D eigenvalue weighted by atomic mass is 10.0. The zero-order valence-electron chi connectivity index (χ0n) is 12.0. The topological polar surface area (TPSA) is 66.4 Å². The first-order valence-corrected chi connectivity index (χ1v) is 6.81. The predicted molar refractivity (Wildman–Crippen MR) is 80.2 cm³/mol. The number of halogens is 1. The van der Waals surface area contributed by atoms with Gasteiger partial charge >= 0.3 is 5.97 Å². The van der Waals surface area contributed by atoms with E-state index in [1.54, 1.807) is 12.1 Å². The monoisotopic (exact) mass is 301 g/mol. The highest BCUT2D eigenvalue weighted by molar-refractivity contribution is 5.96. The summed E-state index contributed by atoms with van der Waals surface area (Å²) >= 11 is 0. The maximum absolute atomic E-state index is 13.6.